The van der Waals surface area contributed by atoms with E-state index in [0.717, 1.165) is 11.8 Å². The van der Waals surface area contributed by atoms with Crippen LogP contribution >= 0.6 is 23.4 Å². The van der Waals surface area contributed by atoms with Gasteiger partial charge in [-0.3, -0.25) is 0 Å². The minimum atomic E-state index is -1.21. The lowest BCUT2D eigenvalue weighted by molar-refractivity contribution is 0.0694. The fraction of sp³-hybridized carbons (Fsp3) is 0. The normalized spacial score (nSPS) is 10.9. The van der Waals surface area contributed by atoms with Crippen LogP contribution < -0.4 is 0 Å². The van der Waals surface area contributed by atoms with Crippen LogP contribution in [-0.2, 0) is 0 Å². The Kier molecular flexibility index (Phi) is 4.11. The molecule has 7 heteroatoms. The van der Waals surface area contributed by atoms with Crippen LogP contribution in [0.15, 0.2) is 52.3 Å². The van der Waals surface area contributed by atoms with E-state index in [-0.39, 0.29) is 10.5 Å². The molecule has 4 nitrogen and oxygen atoms in total. The summed E-state index contributed by atoms with van der Waals surface area (Å²) in [6.45, 7) is 0. The predicted molar refractivity (Wildman–Crippen MR) is 85.9 cm³/mol. The van der Waals surface area contributed by atoms with Gasteiger partial charge in [0.1, 0.15) is 5.82 Å². The highest BCUT2D eigenvalue weighted by Crippen LogP contribution is 2.39. The average Bonchev–Trinajstić information content (AvgIpc) is 2.50. The molecule has 0 bridgehead atoms. The third kappa shape index (κ3) is 3.09. The molecule has 0 spiro atoms. The zero-order valence-electron chi connectivity index (χ0n) is 11.5. The minimum absolute atomic E-state index is 0.0823. The van der Waals surface area contributed by atoms with Crippen molar-refractivity contribution in [3.8, 4) is 5.88 Å². The Morgan fingerprint density at radius 3 is 2.52 bits per heavy atom. The van der Waals surface area contributed by atoms with Gasteiger partial charge in [0.15, 0.2) is 0 Å². The molecule has 0 saturated carbocycles. The maximum atomic E-state index is 13.0. The molecule has 2 aromatic carbocycles. The van der Waals surface area contributed by atoms with E-state index >= 15 is 0 Å². The second kappa shape index (κ2) is 6.06. The minimum Gasteiger partial charge on any atom is -0.492 e. The number of aromatic nitrogens is 1. The quantitative estimate of drug-likeness (QED) is 0.724. The van der Waals surface area contributed by atoms with Crippen molar-refractivity contribution in [2.24, 2.45) is 0 Å². The lowest BCUT2D eigenvalue weighted by atomic mass is 10.1. The van der Waals surface area contributed by atoms with E-state index in [4.69, 9.17) is 11.6 Å². The van der Waals surface area contributed by atoms with Crippen molar-refractivity contribution in [1.29, 1.82) is 0 Å². The molecule has 0 amide bonds. The number of aromatic hydroxyl groups is 1. The second-order valence-corrected chi connectivity index (χ2v) is 6.18. The summed E-state index contributed by atoms with van der Waals surface area (Å²) in [6, 6.07) is 10.1. The monoisotopic (exact) mass is 349 g/mol. The lowest BCUT2D eigenvalue weighted by Gasteiger charge is -2.11. The van der Waals surface area contributed by atoms with Crippen LogP contribution in [0.3, 0.4) is 0 Å². The Bertz CT molecular complexity index is 915. The molecule has 0 aliphatic carbocycles. The van der Waals surface area contributed by atoms with Crippen molar-refractivity contribution in [3.05, 3.63) is 58.9 Å². The van der Waals surface area contributed by atoms with Gasteiger partial charge in [-0.25, -0.2) is 14.2 Å². The van der Waals surface area contributed by atoms with Crippen LogP contribution in [0.1, 0.15) is 10.4 Å². The van der Waals surface area contributed by atoms with E-state index in [0.29, 0.717) is 20.8 Å². The van der Waals surface area contributed by atoms with E-state index in [9.17, 15) is 19.4 Å². The molecule has 0 atom stereocenters. The first-order valence-corrected chi connectivity index (χ1v) is 7.64. The smallest absolute Gasteiger partial charge is 0.337 e. The summed E-state index contributed by atoms with van der Waals surface area (Å²) in [5.41, 5.74) is 0.233. The summed E-state index contributed by atoms with van der Waals surface area (Å²) < 4.78 is 13.0. The van der Waals surface area contributed by atoms with Gasteiger partial charge in [0.25, 0.3) is 0 Å². The van der Waals surface area contributed by atoms with Crippen molar-refractivity contribution >= 4 is 40.2 Å². The number of benzene rings is 2. The van der Waals surface area contributed by atoms with Crippen LogP contribution in [0.25, 0.3) is 10.9 Å². The highest BCUT2D eigenvalue weighted by Gasteiger charge is 2.21. The Hall–Kier alpha value is -2.31. The molecule has 0 radical (unpaired) electrons. The number of hydrogen-bond donors (Lipinski definition) is 2. The fourth-order valence-electron chi connectivity index (χ4n) is 2.13. The van der Waals surface area contributed by atoms with Crippen LogP contribution in [0.5, 0.6) is 5.88 Å². The molecule has 0 unspecified atom stereocenters. The molecule has 23 heavy (non-hydrogen) atoms. The molecule has 0 fully saturated rings. The Balaban J connectivity index is 2.22. The number of carboxylic acids is 1. The molecular weight excluding hydrogens is 341 g/mol. The lowest BCUT2D eigenvalue weighted by Crippen LogP contribution is -2.02. The number of rotatable bonds is 3. The molecule has 3 rings (SSSR count). The summed E-state index contributed by atoms with van der Waals surface area (Å²) in [7, 11) is 0. The van der Waals surface area contributed by atoms with Gasteiger partial charge in [0.2, 0.25) is 5.88 Å². The fourth-order valence-corrected chi connectivity index (χ4v) is 3.25. The van der Waals surface area contributed by atoms with Gasteiger partial charge in [0, 0.05) is 15.3 Å². The summed E-state index contributed by atoms with van der Waals surface area (Å²) in [6.07, 6.45) is 0. The number of aromatic carboxylic acids is 1. The zero-order valence-corrected chi connectivity index (χ0v) is 13.0. The molecule has 116 valence electrons. The highest BCUT2D eigenvalue weighted by molar-refractivity contribution is 7.99. The molecule has 1 heterocycles. The van der Waals surface area contributed by atoms with Crippen molar-refractivity contribution in [3.63, 3.8) is 0 Å². The van der Waals surface area contributed by atoms with Crippen LogP contribution in [-0.4, -0.2) is 21.2 Å². The van der Waals surface area contributed by atoms with Crippen molar-refractivity contribution in [2.75, 3.05) is 0 Å². The molecule has 0 saturated heterocycles. The maximum Gasteiger partial charge on any atom is 0.337 e. The molecule has 2 N–H and O–H groups in total. The summed E-state index contributed by atoms with van der Waals surface area (Å²) >= 11 is 6.93. The molecule has 1 aromatic heterocycles. The van der Waals surface area contributed by atoms with E-state index in [1.807, 2.05) is 0 Å². The maximum absolute atomic E-state index is 13.0. The summed E-state index contributed by atoms with van der Waals surface area (Å²) in [5, 5.41) is 20.4. The Morgan fingerprint density at radius 2 is 1.87 bits per heavy atom. The van der Waals surface area contributed by atoms with Gasteiger partial charge in [-0.05, 0) is 42.5 Å². The van der Waals surface area contributed by atoms with Crippen molar-refractivity contribution in [1.82, 2.24) is 4.98 Å². The van der Waals surface area contributed by atoms with E-state index in [1.165, 1.54) is 36.4 Å². The van der Waals surface area contributed by atoms with Gasteiger partial charge in [-0.1, -0.05) is 23.4 Å². The van der Waals surface area contributed by atoms with Gasteiger partial charge in [0.05, 0.1) is 16.0 Å². The number of pyridine rings is 1. The third-order valence-electron chi connectivity index (χ3n) is 3.13. The van der Waals surface area contributed by atoms with Gasteiger partial charge in [-0.15, -0.1) is 0 Å². The zero-order chi connectivity index (χ0) is 16.6. The number of carbonyl (C=O) groups is 1. The van der Waals surface area contributed by atoms with Gasteiger partial charge in [-0.2, -0.15) is 0 Å². The van der Waals surface area contributed by atoms with E-state index < -0.39 is 17.7 Å². The first kappa shape index (κ1) is 15.6. The third-order valence-corrected chi connectivity index (χ3v) is 4.47. The summed E-state index contributed by atoms with van der Waals surface area (Å²) in [5.74, 6) is -2.01. The van der Waals surface area contributed by atoms with Crippen molar-refractivity contribution < 1.29 is 19.4 Å². The van der Waals surface area contributed by atoms with E-state index in [1.54, 1.807) is 6.07 Å². The Morgan fingerprint density at radius 1 is 1.17 bits per heavy atom. The largest absolute Gasteiger partial charge is 0.492 e. The average molecular weight is 350 g/mol. The van der Waals surface area contributed by atoms with Crippen LogP contribution in [0.4, 0.5) is 4.39 Å². The number of hydrogen-bond acceptors (Lipinski definition) is 4. The number of carboxylic acid groups (broad SMARTS) is 1. The number of halogens is 2. The molecule has 0 aliphatic heterocycles. The topological polar surface area (TPSA) is 70.4 Å². The van der Waals surface area contributed by atoms with Crippen LogP contribution in [0, 0.1) is 5.82 Å². The van der Waals surface area contributed by atoms with Crippen molar-refractivity contribution in [2.45, 2.75) is 9.79 Å². The Labute approximate surface area is 139 Å². The first-order chi connectivity index (χ1) is 11.0. The van der Waals surface area contributed by atoms with Gasteiger partial charge < -0.3 is 10.2 Å². The SMILES string of the molecule is O=C(O)c1c(Sc2ccc(F)cc2)c(O)nc2ccc(Cl)cc12. The second-order valence-electron chi connectivity index (χ2n) is 4.66. The van der Waals surface area contributed by atoms with Gasteiger partial charge >= 0.3 is 5.97 Å². The standard InChI is InChI=1S/C16H9ClFNO3S/c17-8-1-6-12-11(7-8)13(16(21)22)14(15(20)19-12)23-10-4-2-9(18)3-5-10/h1-7H,(H,19,20)(H,21,22). The number of nitrogens with zero attached hydrogens (tertiary/aromatic N) is 1. The predicted octanol–water partition coefficient (Wildman–Crippen LogP) is 4.58. The number of fused-ring (bicyclic) bond motifs is 1. The van der Waals surface area contributed by atoms with E-state index in [2.05, 4.69) is 4.98 Å². The molecule has 0 aliphatic rings. The van der Waals surface area contributed by atoms with Crippen LogP contribution in [0.2, 0.25) is 5.02 Å². The summed E-state index contributed by atoms with van der Waals surface area (Å²) in [4.78, 5) is 16.4. The highest BCUT2D eigenvalue weighted by atomic mass is 35.5. The first-order valence-electron chi connectivity index (χ1n) is 6.44. The molecular formula is C16H9ClFNO3S. The molecule has 3 aromatic rings.